The molecule has 1 spiro atoms. The first-order valence-corrected chi connectivity index (χ1v) is 24.4. The molecule has 0 amide bonds. The number of benzene rings is 10. The molecule has 0 saturated heterocycles. The van der Waals surface area contributed by atoms with E-state index in [1.807, 2.05) is 0 Å². The molecule has 3 heteroatoms. The molecule has 2 unspecified atom stereocenters. The van der Waals surface area contributed by atoms with E-state index in [2.05, 4.69) is 264 Å². The van der Waals surface area contributed by atoms with Crippen LogP contribution in [-0.2, 0) is 5.41 Å². The molecule has 10 aromatic carbocycles. The number of aromatic nitrogens is 1. The Balaban J connectivity index is 0.929. The van der Waals surface area contributed by atoms with Crippen LogP contribution in [0.3, 0.4) is 0 Å². The molecule has 1 aromatic heterocycles. The first-order chi connectivity index (χ1) is 34.7. The van der Waals surface area contributed by atoms with Crippen molar-refractivity contribution < 1.29 is 4.74 Å². The van der Waals surface area contributed by atoms with Crippen LogP contribution in [-0.4, -0.2) is 10.7 Å². The van der Waals surface area contributed by atoms with Crippen LogP contribution in [0.15, 0.2) is 255 Å². The molecule has 70 heavy (non-hydrogen) atoms. The van der Waals surface area contributed by atoms with Gasteiger partial charge in [-0.25, -0.2) is 0 Å². The van der Waals surface area contributed by atoms with Gasteiger partial charge in [0, 0.05) is 39.2 Å². The first kappa shape index (κ1) is 39.1. The number of anilines is 3. The maximum absolute atomic E-state index is 6.96. The molecule has 15 rings (SSSR count). The van der Waals surface area contributed by atoms with Crippen molar-refractivity contribution in [2.24, 2.45) is 0 Å². The Morgan fingerprint density at radius 1 is 0.443 bits per heavy atom. The van der Waals surface area contributed by atoms with Crippen molar-refractivity contribution in [3.63, 3.8) is 0 Å². The average molecular weight is 893 g/mol. The summed E-state index contributed by atoms with van der Waals surface area (Å²) in [4.78, 5) is 2.52. The van der Waals surface area contributed by atoms with Gasteiger partial charge in [0.1, 0.15) is 11.9 Å². The number of hydrogen-bond acceptors (Lipinski definition) is 2. The second kappa shape index (κ2) is 15.0. The van der Waals surface area contributed by atoms with Crippen molar-refractivity contribution in [3.8, 4) is 44.8 Å². The molecule has 3 nitrogen and oxygen atoms in total. The van der Waals surface area contributed by atoms with Crippen molar-refractivity contribution >= 4 is 44.4 Å². The summed E-state index contributed by atoms with van der Waals surface area (Å²) in [7, 11) is 0. The molecule has 2 atom stereocenters. The molecule has 1 aliphatic heterocycles. The molecular formula is C67H44N2O. The minimum atomic E-state index is -0.467. The Morgan fingerprint density at radius 3 is 1.80 bits per heavy atom. The largest absolute Gasteiger partial charge is 0.485 e. The Morgan fingerprint density at radius 2 is 1.03 bits per heavy atom. The summed E-state index contributed by atoms with van der Waals surface area (Å²) in [6.07, 6.45) is 6.86. The highest BCUT2D eigenvalue weighted by Gasteiger charge is 2.52. The van der Waals surface area contributed by atoms with Crippen LogP contribution in [0.5, 0.6) is 5.75 Å². The number of fused-ring (bicyclic) bond motifs is 16. The summed E-state index contributed by atoms with van der Waals surface area (Å²) in [6.45, 7) is 0. The molecule has 0 fully saturated rings. The van der Waals surface area contributed by atoms with E-state index >= 15 is 0 Å². The lowest BCUT2D eigenvalue weighted by Gasteiger charge is -2.32. The summed E-state index contributed by atoms with van der Waals surface area (Å²) in [6, 6.07) is 87.1. The van der Waals surface area contributed by atoms with Crippen molar-refractivity contribution in [3.05, 3.63) is 288 Å². The van der Waals surface area contributed by atoms with E-state index in [-0.39, 0.29) is 12.0 Å². The first-order valence-electron chi connectivity index (χ1n) is 24.4. The van der Waals surface area contributed by atoms with Gasteiger partial charge in [-0.3, -0.25) is 0 Å². The van der Waals surface area contributed by atoms with Gasteiger partial charge >= 0.3 is 0 Å². The highest BCUT2D eigenvalue weighted by Crippen LogP contribution is 2.65. The minimum Gasteiger partial charge on any atom is -0.485 e. The standard InChI is InChI=1S/C67H44N2O/c1-3-17-43(18-4-1)44-33-37-48(38-34-44)69(61-30-15-28-58-65(61)52-24-9-13-27-57(52)67(58)55-25-11-7-21-49(55)50-22-8-12-26-56(50)67)62-31-16-32-64-66(62)54-42-46(36-40-63(54)70-64)45-35-39-60-53(41-45)51-23-10-14-29-59(51)68(60)47-19-5-2-6-20-47/h1-42,54,63H. The molecule has 0 saturated carbocycles. The number of ether oxygens (including phenoxy) is 1. The Kier molecular flexibility index (Phi) is 8.40. The van der Waals surface area contributed by atoms with Crippen LogP contribution in [0.1, 0.15) is 39.3 Å². The molecule has 0 N–H and O–H groups in total. The number of nitrogens with zero attached hydrogens (tertiary/aromatic N) is 2. The van der Waals surface area contributed by atoms with E-state index < -0.39 is 5.41 Å². The zero-order chi connectivity index (χ0) is 45.9. The van der Waals surface area contributed by atoms with E-state index in [0.29, 0.717) is 0 Å². The van der Waals surface area contributed by atoms with Gasteiger partial charge in [-0.05, 0) is 128 Å². The maximum Gasteiger partial charge on any atom is 0.128 e. The molecule has 3 aliphatic carbocycles. The van der Waals surface area contributed by atoms with Gasteiger partial charge in [0.15, 0.2) is 0 Å². The van der Waals surface area contributed by atoms with Crippen LogP contribution < -0.4 is 9.64 Å². The van der Waals surface area contributed by atoms with Crippen molar-refractivity contribution in [1.29, 1.82) is 0 Å². The van der Waals surface area contributed by atoms with E-state index in [1.165, 1.54) is 94.1 Å². The van der Waals surface area contributed by atoms with E-state index in [9.17, 15) is 0 Å². The Hall–Kier alpha value is -8.92. The van der Waals surface area contributed by atoms with Gasteiger partial charge in [0.05, 0.1) is 27.8 Å². The normalized spacial score (nSPS) is 16.3. The number of hydrogen-bond donors (Lipinski definition) is 0. The third-order valence-electron chi connectivity index (χ3n) is 15.6. The summed E-state index contributed by atoms with van der Waals surface area (Å²) < 4.78 is 9.34. The second-order valence-corrected chi connectivity index (χ2v) is 19.0. The monoisotopic (exact) mass is 892 g/mol. The van der Waals surface area contributed by atoms with Gasteiger partial charge in [-0.2, -0.15) is 0 Å². The summed E-state index contributed by atoms with van der Waals surface area (Å²) >= 11 is 0. The average Bonchev–Trinajstić information content (AvgIpc) is 4.16. The van der Waals surface area contributed by atoms with Crippen LogP contribution in [0, 0.1) is 0 Å². The minimum absolute atomic E-state index is 0.0253. The van der Waals surface area contributed by atoms with E-state index in [1.54, 1.807) is 0 Å². The number of rotatable bonds is 6. The zero-order valence-corrected chi connectivity index (χ0v) is 38.2. The fourth-order valence-electron chi connectivity index (χ4n) is 12.7. The fraction of sp³-hybridized carbons (Fsp3) is 0.0448. The molecule has 0 bridgehead atoms. The number of para-hydroxylation sites is 2. The quantitative estimate of drug-likeness (QED) is 0.165. The van der Waals surface area contributed by atoms with Gasteiger partial charge in [0.25, 0.3) is 0 Å². The van der Waals surface area contributed by atoms with Crippen molar-refractivity contribution in [1.82, 2.24) is 4.57 Å². The highest BCUT2D eigenvalue weighted by atomic mass is 16.5. The topological polar surface area (TPSA) is 17.4 Å². The predicted octanol–water partition coefficient (Wildman–Crippen LogP) is 16.8. The van der Waals surface area contributed by atoms with Crippen LogP contribution in [0.25, 0.3) is 66.4 Å². The maximum atomic E-state index is 6.96. The molecule has 11 aromatic rings. The second-order valence-electron chi connectivity index (χ2n) is 19.0. The lowest BCUT2D eigenvalue weighted by molar-refractivity contribution is 0.269. The summed E-state index contributed by atoms with van der Waals surface area (Å²) in [5.74, 6) is 0.896. The van der Waals surface area contributed by atoms with Crippen molar-refractivity contribution in [2.75, 3.05) is 4.90 Å². The lowest BCUT2D eigenvalue weighted by Crippen LogP contribution is -2.26. The van der Waals surface area contributed by atoms with Crippen LogP contribution >= 0.6 is 0 Å². The molecule has 0 radical (unpaired) electrons. The molecule has 328 valence electrons. The Labute approximate surface area is 407 Å². The van der Waals surface area contributed by atoms with Gasteiger partial charge in [-0.15, -0.1) is 0 Å². The molecular weight excluding hydrogens is 849 g/mol. The van der Waals surface area contributed by atoms with Gasteiger partial charge in [-0.1, -0.05) is 188 Å². The van der Waals surface area contributed by atoms with Crippen molar-refractivity contribution in [2.45, 2.75) is 17.4 Å². The lowest BCUT2D eigenvalue weighted by atomic mass is 9.70. The molecule has 2 heterocycles. The Bertz CT molecular complexity index is 3940. The predicted molar refractivity (Wildman–Crippen MR) is 288 cm³/mol. The zero-order valence-electron chi connectivity index (χ0n) is 38.2. The smallest absolute Gasteiger partial charge is 0.128 e. The van der Waals surface area contributed by atoms with Crippen LogP contribution in [0.2, 0.25) is 0 Å². The third kappa shape index (κ3) is 5.46. The summed E-state index contributed by atoms with van der Waals surface area (Å²) in [5.41, 5.74) is 22.8. The number of allylic oxidation sites excluding steroid dienone is 2. The fourth-order valence-corrected chi connectivity index (χ4v) is 12.7. The SMILES string of the molecule is C1=CC2Oc3cccc(N(c4ccc(-c5ccccc5)cc4)c4cccc5c4-c4ccccc4C54c5ccccc5-c5ccccc54)c3C2C=C1c1ccc2c(c1)c1ccccc1n2-c1ccccc1. The van der Waals surface area contributed by atoms with Gasteiger partial charge < -0.3 is 14.2 Å². The van der Waals surface area contributed by atoms with E-state index in [0.717, 1.165) is 28.5 Å². The van der Waals surface area contributed by atoms with Gasteiger partial charge in [0.2, 0.25) is 0 Å². The van der Waals surface area contributed by atoms with Crippen LogP contribution in [0.4, 0.5) is 17.1 Å². The molecule has 4 aliphatic rings. The van der Waals surface area contributed by atoms with E-state index in [4.69, 9.17) is 4.74 Å². The third-order valence-corrected chi connectivity index (χ3v) is 15.6. The summed E-state index contributed by atoms with van der Waals surface area (Å²) in [5, 5.41) is 2.49. The highest BCUT2D eigenvalue weighted by molar-refractivity contribution is 6.10.